The van der Waals surface area contributed by atoms with E-state index in [2.05, 4.69) is 35.1 Å². The lowest BCUT2D eigenvalue weighted by Crippen LogP contribution is -2.28. The molecule has 1 aromatic carbocycles. The largest absolute Gasteiger partial charge is 0.381 e. The van der Waals surface area contributed by atoms with Crippen LogP contribution >= 0.6 is 15.9 Å². The van der Waals surface area contributed by atoms with Crippen LogP contribution in [0.4, 0.5) is 11.4 Å². The predicted molar refractivity (Wildman–Crippen MR) is 85.0 cm³/mol. The first-order chi connectivity index (χ1) is 9.47. The van der Waals surface area contributed by atoms with E-state index in [4.69, 9.17) is 0 Å². The SMILES string of the molecule is CC(C)C1CCC(Nc2cc([N+](=O)[O-])ccc2Br)CC1. The summed E-state index contributed by atoms with van der Waals surface area (Å²) in [5, 5.41) is 14.3. The number of hydrogen-bond acceptors (Lipinski definition) is 3. The highest BCUT2D eigenvalue weighted by Crippen LogP contribution is 2.33. The Balaban J connectivity index is 2.00. The number of anilines is 1. The molecule has 0 saturated heterocycles. The Labute approximate surface area is 128 Å². The van der Waals surface area contributed by atoms with Crippen molar-refractivity contribution in [3.8, 4) is 0 Å². The van der Waals surface area contributed by atoms with Gasteiger partial charge in [-0.05, 0) is 59.5 Å². The Morgan fingerprint density at radius 2 is 1.95 bits per heavy atom. The van der Waals surface area contributed by atoms with Crippen molar-refractivity contribution in [2.75, 3.05) is 5.32 Å². The highest BCUT2D eigenvalue weighted by Gasteiger charge is 2.23. The van der Waals surface area contributed by atoms with Gasteiger partial charge in [-0.15, -0.1) is 0 Å². The van der Waals surface area contributed by atoms with Gasteiger partial charge in [0.1, 0.15) is 0 Å². The lowest BCUT2D eigenvalue weighted by Gasteiger charge is -2.32. The van der Waals surface area contributed by atoms with Gasteiger partial charge in [-0.25, -0.2) is 0 Å². The Bertz CT molecular complexity index is 483. The summed E-state index contributed by atoms with van der Waals surface area (Å²) in [6.07, 6.45) is 4.75. The highest BCUT2D eigenvalue weighted by molar-refractivity contribution is 9.10. The molecule has 1 N–H and O–H groups in total. The van der Waals surface area contributed by atoms with Crippen LogP contribution in [0.25, 0.3) is 0 Å². The number of halogens is 1. The number of nitro groups is 1. The average Bonchev–Trinajstić information content (AvgIpc) is 2.41. The molecule has 0 bridgehead atoms. The standard InChI is InChI=1S/C15H21BrN2O2/c1-10(2)11-3-5-12(6-4-11)17-15-9-13(18(19)20)7-8-14(15)16/h7-12,17H,3-6H2,1-2H3. The number of rotatable bonds is 4. The molecule has 2 rings (SSSR count). The molecule has 110 valence electrons. The van der Waals surface area contributed by atoms with E-state index < -0.39 is 0 Å². The van der Waals surface area contributed by atoms with E-state index in [-0.39, 0.29) is 10.6 Å². The highest BCUT2D eigenvalue weighted by atomic mass is 79.9. The molecule has 0 unspecified atom stereocenters. The minimum Gasteiger partial charge on any atom is -0.381 e. The van der Waals surface area contributed by atoms with Crippen molar-refractivity contribution in [3.05, 3.63) is 32.8 Å². The van der Waals surface area contributed by atoms with Gasteiger partial charge in [0.2, 0.25) is 0 Å². The number of non-ortho nitro benzene ring substituents is 1. The van der Waals surface area contributed by atoms with Crippen molar-refractivity contribution in [3.63, 3.8) is 0 Å². The first kappa shape index (κ1) is 15.3. The first-order valence-electron chi connectivity index (χ1n) is 7.18. The van der Waals surface area contributed by atoms with Crippen molar-refractivity contribution in [2.24, 2.45) is 11.8 Å². The van der Waals surface area contributed by atoms with Gasteiger partial charge in [-0.3, -0.25) is 10.1 Å². The smallest absolute Gasteiger partial charge is 0.271 e. The fraction of sp³-hybridized carbons (Fsp3) is 0.600. The van der Waals surface area contributed by atoms with Crippen LogP contribution in [0.15, 0.2) is 22.7 Å². The third-order valence-corrected chi connectivity index (χ3v) is 4.93. The van der Waals surface area contributed by atoms with Gasteiger partial charge in [-0.1, -0.05) is 13.8 Å². The molecule has 20 heavy (non-hydrogen) atoms. The fourth-order valence-electron chi connectivity index (χ4n) is 2.89. The van der Waals surface area contributed by atoms with Crippen LogP contribution in [-0.4, -0.2) is 11.0 Å². The lowest BCUT2D eigenvalue weighted by atomic mass is 9.79. The van der Waals surface area contributed by atoms with Crippen LogP contribution in [0.5, 0.6) is 0 Å². The number of nitro benzene ring substituents is 1. The monoisotopic (exact) mass is 340 g/mol. The van der Waals surface area contributed by atoms with Crippen molar-refractivity contribution in [1.29, 1.82) is 0 Å². The normalized spacial score (nSPS) is 22.8. The molecule has 5 heteroatoms. The lowest BCUT2D eigenvalue weighted by molar-refractivity contribution is -0.384. The minimum atomic E-state index is -0.354. The minimum absolute atomic E-state index is 0.131. The second-order valence-electron chi connectivity index (χ2n) is 5.92. The quantitative estimate of drug-likeness (QED) is 0.620. The van der Waals surface area contributed by atoms with E-state index in [1.165, 1.54) is 18.9 Å². The van der Waals surface area contributed by atoms with Crippen molar-refractivity contribution in [2.45, 2.75) is 45.6 Å². The summed E-state index contributed by atoms with van der Waals surface area (Å²) in [5.74, 6) is 1.57. The molecule has 0 spiro atoms. The molecule has 0 atom stereocenters. The summed E-state index contributed by atoms with van der Waals surface area (Å²) in [7, 11) is 0. The summed E-state index contributed by atoms with van der Waals surface area (Å²) >= 11 is 3.46. The zero-order chi connectivity index (χ0) is 14.7. The van der Waals surface area contributed by atoms with Crippen LogP contribution in [0.2, 0.25) is 0 Å². The van der Waals surface area contributed by atoms with E-state index >= 15 is 0 Å². The van der Waals surface area contributed by atoms with Gasteiger partial charge < -0.3 is 5.32 Å². The predicted octanol–water partition coefficient (Wildman–Crippen LogP) is 4.98. The molecule has 4 nitrogen and oxygen atoms in total. The van der Waals surface area contributed by atoms with E-state index in [9.17, 15) is 10.1 Å². The van der Waals surface area contributed by atoms with Crippen LogP contribution in [0.1, 0.15) is 39.5 Å². The van der Waals surface area contributed by atoms with Crippen LogP contribution < -0.4 is 5.32 Å². The first-order valence-corrected chi connectivity index (χ1v) is 7.97. The van der Waals surface area contributed by atoms with E-state index in [1.54, 1.807) is 12.1 Å². The molecule has 0 amide bonds. The van der Waals surface area contributed by atoms with Gasteiger partial charge in [0.15, 0.2) is 0 Å². The van der Waals surface area contributed by atoms with Gasteiger partial charge in [0, 0.05) is 22.6 Å². The molecule has 1 saturated carbocycles. The molecule has 1 fully saturated rings. The second-order valence-corrected chi connectivity index (χ2v) is 6.78. The Morgan fingerprint density at radius 1 is 1.30 bits per heavy atom. The van der Waals surface area contributed by atoms with Crippen molar-refractivity contribution >= 4 is 27.3 Å². The summed E-state index contributed by atoms with van der Waals surface area (Å²) in [6, 6.07) is 5.28. The van der Waals surface area contributed by atoms with Gasteiger partial charge in [-0.2, -0.15) is 0 Å². The third-order valence-electron chi connectivity index (χ3n) is 4.24. The molecule has 0 heterocycles. The second kappa shape index (κ2) is 6.57. The third kappa shape index (κ3) is 3.72. The maximum atomic E-state index is 10.8. The number of benzene rings is 1. The van der Waals surface area contributed by atoms with Crippen molar-refractivity contribution < 1.29 is 4.92 Å². The van der Waals surface area contributed by atoms with Gasteiger partial charge in [0.25, 0.3) is 5.69 Å². The molecule has 1 aromatic rings. The fourth-order valence-corrected chi connectivity index (χ4v) is 3.25. The van der Waals surface area contributed by atoms with E-state index in [1.807, 2.05) is 0 Å². The van der Waals surface area contributed by atoms with Gasteiger partial charge in [0.05, 0.1) is 10.6 Å². The van der Waals surface area contributed by atoms with Crippen LogP contribution in [0, 0.1) is 22.0 Å². The molecule has 1 aliphatic carbocycles. The number of hydrogen-bond donors (Lipinski definition) is 1. The zero-order valence-electron chi connectivity index (χ0n) is 11.9. The molecular weight excluding hydrogens is 320 g/mol. The zero-order valence-corrected chi connectivity index (χ0v) is 13.5. The maximum Gasteiger partial charge on any atom is 0.271 e. The average molecular weight is 341 g/mol. The summed E-state index contributed by atoms with van der Waals surface area (Å²) in [6.45, 7) is 4.57. The molecule has 0 aromatic heterocycles. The molecular formula is C15H21BrN2O2. The van der Waals surface area contributed by atoms with Crippen LogP contribution in [-0.2, 0) is 0 Å². The summed E-state index contributed by atoms with van der Waals surface area (Å²) < 4.78 is 0.883. The Morgan fingerprint density at radius 3 is 2.50 bits per heavy atom. The Kier molecular flexibility index (Phi) is 5.02. The van der Waals surface area contributed by atoms with Gasteiger partial charge >= 0.3 is 0 Å². The maximum absolute atomic E-state index is 10.8. The molecule has 1 aliphatic rings. The molecule has 0 aliphatic heterocycles. The van der Waals surface area contributed by atoms with Crippen LogP contribution in [0.3, 0.4) is 0 Å². The van der Waals surface area contributed by atoms with E-state index in [0.717, 1.165) is 34.8 Å². The summed E-state index contributed by atoms with van der Waals surface area (Å²) in [4.78, 5) is 10.5. The summed E-state index contributed by atoms with van der Waals surface area (Å²) in [5.41, 5.74) is 0.957. The number of nitrogens with zero attached hydrogens (tertiary/aromatic N) is 1. The van der Waals surface area contributed by atoms with Crippen molar-refractivity contribution in [1.82, 2.24) is 0 Å². The number of nitrogens with one attached hydrogen (secondary N) is 1. The topological polar surface area (TPSA) is 55.2 Å². The Hall–Kier alpha value is -1.10. The van der Waals surface area contributed by atoms with E-state index in [0.29, 0.717) is 6.04 Å². The molecule has 0 radical (unpaired) electrons.